The molecule has 34 heavy (non-hydrogen) atoms. The van der Waals surface area contributed by atoms with Gasteiger partial charge in [-0.1, -0.05) is 36.4 Å². The van der Waals surface area contributed by atoms with E-state index in [1.165, 1.54) is 58.2 Å². The first-order chi connectivity index (χ1) is 16.2. The van der Waals surface area contributed by atoms with Gasteiger partial charge in [-0.2, -0.15) is 8.61 Å². The van der Waals surface area contributed by atoms with Gasteiger partial charge in [0.25, 0.3) is 0 Å². The second kappa shape index (κ2) is 11.9. The van der Waals surface area contributed by atoms with E-state index in [9.17, 15) is 16.8 Å². The lowest BCUT2D eigenvalue weighted by Crippen LogP contribution is -2.32. The summed E-state index contributed by atoms with van der Waals surface area (Å²) in [5.41, 5.74) is 0.952. The Morgan fingerprint density at radius 3 is 1.65 bits per heavy atom. The number of hydrogen-bond acceptors (Lipinski definition) is 5. The smallest absolute Gasteiger partial charge is 0.244 e. The maximum Gasteiger partial charge on any atom is 0.244 e. The summed E-state index contributed by atoms with van der Waals surface area (Å²) in [7, 11) is -6.27. The summed E-state index contributed by atoms with van der Waals surface area (Å²) in [6.07, 6.45) is 6.00. The molecule has 2 aromatic rings. The fourth-order valence-electron chi connectivity index (χ4n) is 3.29. The van der Waals surface area contributed by atoms with Crippen molar-refractivity contribution >= 4 is 20.0 Å². The zero-order valence-corrected chi connectivity index (χ0v) is 20.9. The average Bonchev–Trinajstić information content (AvgIpc) is 2.83. The van der Waals surface area contributed by atoms with Crippen LogP contribution in [0.15, 0.2) is 103 Å². The lowest BCUT2D eigenvalue weighted by Gasteiger charge is -2.22. The van der Waals surface area contributed by atoms with Gasteiger partial charge in [0.2, 0.25) is 20.0 Å². The minimum Gasteiger partial charge on any atom is -0.497 e. The largest absolute Gasteiger partial charge is 0.497 e. The van der Waals surface area contributed by atoms with Crippen LogP contribution in [0.3, 0.4) is 0 Å². The molecule has 0 heterocycles. The van der Waals surface area contributed by atoms with Gasteiger partial charge in [0.1, 0.15) is 5.75 Å². The van der Waals surface area contributed by atoms with Gasteiger partial charge < -0.3 is 4.74 Å². The van der Waals surface area contributed by atoms with E-state index in [0.29, 0.717) is 16.9 Å². The summed E-state index contributed by atoms with van der Waals surface area (Å²) in [5.74, 6) is 0.378. The van der Waals surface area contributed by atoms with Crippen molar-refractivity contribution in [3.63, 3.8) is 0 Å². The Hall–Kier alpha value is -2.98. The van der Waals surface area contributed by atoms with E-state index in [4.69, 9.17) is 4.74 Å². The predicted octanol–water partition coefficient (Wildman–Crippen LogP) is 4.09. The predicted molar refractivity (Wildman–Crippen MR) is 137 cm³/mol. The maximum atomic E-state index is 13.5. The molecule has 0 bridgehead atoms. The fraction of sp³-hybridized carbons (Fsp3) is 0.200. The molecule has 0 fully saturated rings. The summed E-state index contributed by atoms with van der Waals surface area (Å²) in [6.45, 7) is 15.0. The topological polar surface area (TPSA) is 84.0 Å². The summed E-state index contributed by atoms with van der Waals surface area (Å²) in [6, 6.07) is 10.8. The second-order valence-electron chi connectivity index (χ2n) is 7.19. The van der Waals surface area contributed by atoms with E-state index in [0.717, 1.165) is 0 Å². The molecule has 0 aliphatic heterocycles. The van der Waals surface area contributed by atoms with Gasteiger partial charge in [0, 0.05) is 37.8 Å². The Bertz CT molecular complexity index is 1230. The van der Waals surface area contributed by atoms with E-state index >= 15 is 0 Å². The molecule has 0 aliphatic carbocycles. The van der Waals surface area contributed by atoms with Crippen molar-refractivity contribution in [3.8, 4) is 16.9 Å². The van der Waals surface area contributed by atoms with Crippen molar-refractivity contribution in [1.82, 2.24) is 8.61 Å². The minimum absolute atomic E-state index is 0.0334. The van der Waals surface area contributed by atoms with Crippen LogP contribution in [0.25, 0.3) is 11.1 Å². The SMILES string of the molecule is C=CCN(CC=C)S(=O)(=O)c1ccc(-c2ccc(OC)cc2S(=O)(=O)N(CC=C)CC=C)cc1. The summed E-state index contributed by atoms with van der Waals surface area (Å²) in [4.78, 5) is 0.115. The van der Waals surface area contributed by atoms with Gasteiger partial charge in [0.05, 0.1) is 16.9 Å². The lowest BCUT2D eigenvalue weighted by atomic mass is 10.1. The molecule has 182 valence electrons. The molecular weight excluding hydrogens is 472 g/mol. The third-order valence-corrected chi connectivity index (χ3v) is 8.66. The molecule has 0 saturated carbocycles. The van der Waals surface area contributed by atoms with E-state index in [2.05, 4.69) is 26.3 Å². The molecule has 0 aliphatic rings. The van der Waals surface area contributed by atoms with Gasteiger partial charge in [-0.3, -0.25) is 0 Å². The van der Waals surface area contributed by atoms with Crippen LogP contribution in [-0.4, -0.2) is 58.7 Å². The first kappa shape index (κ1) is 27.3. The second-order valence-corrected chi connectivity index (χ2v) is 11.0. The molecule has 0 aromatic heterocycles. The highest BCUT2D eigenvalue weighted by atomic mass is 32.2. The highest BCUT2D eigenvalue weighted by molar-refractivity contribution is 7.89. The highest BCUT2D eigenvalue weighted by Gasteiger charge is 2.27. The van der Waals surface area contributed by atoms with Crippen molar-refractivity contribution < 1.29 is 21.6 Å². The average molecular weight is 503 g/mol. The standard InChI is InChI=1S/C25H30N2O5S2/c1-6-16-26(17-7-2)33(28,29)23-13-10-21(11-14-23)24-15-12-22(32-5)20-25(24)34(30,31)27(18-8-3)19-9-4/h6-15,20H,1-4,16-19H2,5H3. The van der Waals surface area contributed by atoms with E-state index in [1.807, 2.05) is 0 Å². The van der Waals surface area contributed by atoms with Crippen LogP contribution in [-0.2, 0) is 20.0 Å². The van der Waals surface area contributed by atoms with Gasteiger partial charge >= 0.3 is 0 Å². The normalized spacial score (nSPS) is 11.9. The first-order valence-electron chi connectivity index (χ1n) is 10.4. The highest BCUT2D eigenvalue weighted by Crippen LogP contribution is 2.33. The van der Waals surface area contributed by atoms with Crippen LogP contribution < -0.4 is 4.74 Å². The molecule has 2 aromatic carbocycles. The zero-order valence-electron chi connectivity index (χ0n) is 19.3. The number of benzene rings is 2. The molecule has 0 spiro atoms. The van der Waals surface area contributed by atoms with Crippen molar-refractivity contribution in [2.45, 2.75) is 9.79 Å². The number of rotatable bonds is 14. The Morgan fingerprint density at radius 1 is 0.735 bits per heavy atom. The molecule has 0 unspecified atom stereocenters. The van der Waals surface area contributed by atoms with Crippen molar-refractivity contribution in [2.24, 2.45) is 0 Å². The first-order valence-corrected chi connectivity index (χ1v) is 13.3. The molecule has 0 atom stereocenters. The Morgan fingerprint density at radius 2 is 1.21 bits per heavy atom. The van der Waals surface area contributed by atoms with Gasteiger partial charge in [0.15, 0.2) is 0 Å². The van der Waals surface area contributed by atoms with Gasteiger partial charge in [-0.25, -0.2) is 16.8 Å². The molecule has 0 saturated heterocycles. The van der Waals surface area contributed by atoms with Crippen molar-refractivity contribution in [3.05, 3.63) is 93.1 Å². The lowest BCUT2D eigenvalue weighted by molar-refractivity contribution is 0.413. The van der Waals surface area contributed by atoms with Crippen molar-refractivity contribution in [1.29, 1.82) is 0 Å². The molecule has 0 radical (unpaired) electrons. The van der Waals surface area contributed by atoms with Crippen LogP contribution in [0.2, 0.25) is 0 Å². The van der Waals surface area contributed by atoms with Crippen LogP contribution in [0.1, 0.15) is 0 Å². The zero-order chi connectivity index (χ0) is 25.4. The van der Waals surface area contributed by atoms with Crippen LogP contribution >= 0.6 is 0 Å². The Labute approximate surface area is 203 Å². The van der Waals surface area contributed by atoms with Crippen LogP contribution in [0.5, 0.6) is 5.75 Å². The summed E-state index contributed by atoms with van der Waals surface area (Å²) < 4.78 is 60.7. The maximum absolute atomic E-state index is 13.5. The number of nitrogens with zero attached hydrogens (tertiary/aromatic N) is 2. The van der Waals surface area contributed by atoms with Crippen molar-refractivity contribution in [2.75, 3.05) is 33.3 Å². The minimum atomic E-state index is -3.94. The van der Waals surface area contributed by atoms with Gasteiger partial charge in [-0.05, 0) is 29.8 Å². The molecule has 9 heteroatoms. The third kappa shape index (κ3) is 5.92. The molecule has 7 nitrogen and oxygen atoms in total. The van der Waals surface area contributed by atoms with E-state index in [-0.39, 0.29) is 36.0 Å². The third-order valence-electron chi connectivity index (χ3n) is 4.94. The Balaban J connectivity index is 2.60. The molecule has 0 amide bonds. The monoisotopic (exact) mass is 502 g/mol. The van der Waals surface area contributed by atoms with Gasteiger partial charge in [-0.15, -0.1) is 26.3 Å². The quantitative estimate of drug-likeness (QED) is 0.364. The Kier molecular flexibility index (Phi) is 9.57. The number of sulfonamides is 2. The summed E-state index contributed by atoms with van der Waals surface area (Å²) in [5, 5.41) is 0. The molecule has 2 rings (SSSR count). The fourth-order valence-corrected chi connectivity index (χ4v) is 6.29. The molecular formula is C25H30N2O5S2. The number of methoxy groups -OCH3 is 1. The van der Waals surface area contributed by atoms with Crippen LogP contribution in [0.4, 0.5) is 0 Å². The molecule has 0 N–H and O–H groups in total. The number of hydrogen-bond donors (Lipinski definition) is 0. The number of ether oxygens (including phenoxy) is 1. The summed E-state index contributed by atoms with van der Waals surface area (Å²) >= 11 is 0. The van der Waals surface area contributed by atoms with Crippen LogP contribution in [0, 0.1) is 0 Å². The van der Waals surface area contributed by atoms with E-state index in [1.54, 1.807) is 24.3 Å². The van der Waals surface area contributed by atoms with E-state index < -0.39 is 20.0 Å².